The summed E-state index contributed by atoms with van der Waals surface area (Å²) in [5, 5.41) is 13.5. The van der Waals surface area contributed by atoms with E-state index in [0.29, 0.717) is 10.9 Å². The lowest BCUT2D eigenvalue weighted by atomic mass is 10.1. The van der Waals surface area contributed by atoms with E-state index in [-0.39, 0.29) is 23.6 Å². The summed E-state index contributed by atoms with van der Waals surface area (Å²) in [5.41, 5.74) is 0.580. The molecule has 1 aromatic heterocycles. The Balaban J connectivity index is 2.09. The summed E-state index contributed by atoms with van der Waals surface area (Å²) in [7, 11) is 1.56. The molecule has 1 aliphatic rings. The molecule has 7 nitrogen and oxygen atoms in total. The zero-order valence-corrected chi connectivity index (χ0v) is 15.0. The van der Waals surface area contributed by atoms with E-state index < -0.39 is 11.5 Å². The highest BCUT2D eigenvalue weighted by Gasteiger charge is 2.22. The number of fused-ring (bicyclic) bond motifs is 1. The van der Waals surface area contributed by atoms with Gasteiger partial charge in [0, 0.05) is 31.2 Å². The van der Waals surface area contributed by atoms with Crippen LogP contribution in [-0.4, -0.2) is 41.0 Å². The minimum absolute atomic E-state index is 0.187. The molecule has 2 aromatic rings. The highest BCUT2D eigenvalue weighted by Crippen LogP contribution is 2.31. The molecule has 0 atom stereocenters. The van der Waals surface area contributed by atoms with Crippen molar-refractivity contribution < 1.29 is 14.7 Å². The summed E-state index contributed by atoms with van der Waals surface area (Å²) in [6, 6.07) is 5.54. The first-order valence-electron chi connectivity index (χ1n) is 8.78. The molecule has 0 saturated carbocycles. The summed E-state index contributed by atoms with van der Waals surface area (Å²) in [5.74, 6) is -1.32. The Hall–Kier alpha value is -2.83. The number of hydrogen-bond donors (Lipinski definition) is 2. The van der Waals surface area contributed by atoms with Gasteiger partial charge >= 0.3 is 0 Å². The number of aryl methyl sites for hydroxylation is 1. The van der Waals surface area contributed by atoms with Gasteiger partial charge in [0.05, 0.1) is 12.1 Å². The first-order valence-corrected chi connectivity index (χ1v) is 8.78. The van der Waals surface area contributed by atoms with Crippen LogP contribution in [0.1, 0.15) is 36.5 Å². The third-order valence-electron chi connectivity index (χ3n) is 4.80. The van der Waals surface area contributed by atoms with E-state index in [2.05, 4.69) is 10.2 Å². The third-order valence-corrected chi connectivity index (χ3v) is 4.80. The maximum absolute atomic E-state index is 12.5. The van der Waals surface area contributed by atoms with Crippen LogP contribution in [0.3, 0.4) is 0 Å². The number of nitrogens with zero attached hydrogens (tertiary/aromatic N) is 2. The van der Waals surface area contributed by atoms with E-state index in [0.717, 1.165) is 31.6 Å². The van der Waals surface area contributed by atoms with Gasteiger partial charge in [-0.25, -0.2) is 0 Å². The average Bonchev–Trinajstić information content (AvgIpc) is 2.65. The van der Waals surface area contributed by atoms with E-state index in [1.165, 1.54) is 17.9 Å². The molecule has 0 aliphatic carbocycles. The topological polar surface area (TPSA) is 91.6 Å². The zero-order chi connectivity index (χ0) is 18.8. The Labute approximate surface area is 151 Å². The highest BCUT2D eigenvalue weighted by molar-refractivity contribution is 6.03. The van der Waals surface area contributed by atoms with Crippen LogP contribution in [0, 0.1) is 0 Å². The van der Waals surface area contributed by atoms with Crippen molar-refractivity contribution in [3.05, 3.63) is 34.1 Å². The van der Waals surface area contributed by atoms with Gasteiger partial charge in [0.15, 0.2) is 0 Å². The lowest BCUT2D eigenvalue weighted by molar-refractivity contribution is -0.116. The molecule has 1 fully saturated rings. The Bertz CT molecular complexity index is 927. The van der Waals surface area contributed by atoms with Crippen LogP contribution in [0.2, 0.25) is 0 Å². The predicted molar refractivity (Wildman–Crippen MR) is 99.9 cm³/mol. The normalized spacial score (nSPS) is 14.5. The Kier molecular flexibility index (Phi) is 4.97. The molecule has 1 aliphatic heterocycles. The summed E-state index contributed by atoms with van der Waals surface area (Å²) in [6.45, 7) is 3.05. The second-order valence-corrected chi connectivity index (χ2v) is 6.72. The molecule has 138 valence electrons. The van der Waals surface area contributed by atoms with Crippen molar-refractivity contribution in [2.75, 3.05) is 24.5 Å². The molecule has 26 heavy (non-hydrogen) atoms. The number of Topliss-reactive ketones (excluding diaryl/α,β-unsaturated/α-hetero) is 1. The lowest BCUT2D eigenvalue weighted by Gasteiger charge is -2.29. The van der Waals surface area contributed by atoms with Gasteiger partial charge in [0.1, 0.15) is 17.1 Å². The minimum atomic E-state index is -0.747. The number of benzene rings is 1. The number of nitrogens with one attached hydrogen (secondary N) is 1. The molecule has 0 radical (unpaired) electrons. The van der Waals surface area contributed by atoms with E-state index >= 15 is 0 Å². The lowest BCUT2D eigenvalue weighted by Crippen LogP contribution is -2.35. The van der Waals surface area contributed by atoms with Crippen LogP contribution >= 0.6 is 0 Å². The summed E-state index contributed by atoms with van der Waals surface area (Å²) in [6.07, 6.45) is 3.45. The number of amides is 1. The zero-order valence-electron chi connectivity index (χ0n) is 15.0. The molecule has 7 heteroatoms. The van der Waals surface area contributed by atoms with Gasteiger partial charge < -0.3 is 19.9 Å². The van der Waals surface area contributed by atoms with Gasteiger partial charge in [-0.2, -0.15) is 0 Å². The fraction of sp³-hybridized carbons (Fsp3) is 0.421. The predicted octanol–water partition coefficient (Wildman–Crippen LogP) is 1.55. The van der Waals surface area contributed by atoms with Gasteiger partial charge in [-0.1, -0.05) is 0 Å². The fourth-order valence-corrected chi connectivity index (χ4v) is 3.37. The molecule has 0 bridgehead atoms. The standard InChI is InChI=1S/C19H23N3O4/c1-12(23)11-20-18(25)16-17(24)14-10-13(22-8-4-3-5-9-22)6-7-15(14)21(2)19(16)26/h6-7,10,24H,3-5,8-9,11H2,1-2H3,(H,20,25). The van der Waals surface area contributed by atoms with Gasteiger partial charge in [0.25, 0.3) is 11.5 Å². The number of aromatic nitrogens is 1. The maximum Gasteiger partial charge on any atom is 0.267 e. The number of pyridine rings is 1. The number of carbonyl (C=O) groups excluding carboxylic acids is 2. The van der Waals surface area contributed by atoms with Crippen molar-refractivity contribution in [1.29, 1.82) is 0 Å². The second-order valence-electron chi connectivity index (χ2n) is 6.72. The molecule has 2 N–H and O–H groups in total. The molecule has 2 heterocycles. The van der Waals surface area contributed by atoms with Crippen molar-refractivity contribution in [1.82, 2.24) is 9.88 Å². The van der Waals surface area contributed by atoms with Crippen LogP contribution in [0.5, 0.6) is 5.75 Å². The largest absolute Gasteiger partial charge is 0.506 e. The van der Waals surface area contributed by atoms with Crippen molar-refractivity contribution in [2.45, 2.75) is 26.2 Å². The number of piperidine rings is 1. The molecule has 0 spiro atoms. The number of ketones is 1. The maximum atomic E-state index is 12.5. The molecular weight excluding hydrogens is 334 g/mol. The second kappa shape index (κ2) is 7.19. The number of hydrogen-bond acceptors (Lipinski definition) is 5. The first kappa shape index (κ1) is 18.0. The molecule has 1 amide bonds. The van der Waals surface area contributed by atoms with Gasteiger partial charge in [0.2, 0.25) is 0 Å². The summed E-state index contributed by atoms with van der Waals surface area (Å²) >= 11 is 0. The van der Waals surface area contributed by atoms with Gasteiger partial charge in [-0.3, -0.25) is 14.4 Å². The monoisotopic (exact) mass is 357 g/mol. The number of rotatable bonds is 4. The van der Waals surface area contributed by atoms with Crippen LogP contribution in [0.4, 0.5) is 5.69 Å². The molecule has 1 saturated heterocycles. The van der Waals surface area contributed by atoms with E-state index in [1.807, 2.05) is 12.1 Å². The van der Waals surface area contributed by atoms with Crippen molar-refractivity contribution >= 4 is 28.3 Å². The highest BCUT2D eigenvalue weighted by atomic mass is 16.3. The van der Waals surface area contributed by atoms with Gasteiger partial charge in [-0.15, -0.1) is 0 Å². The first-order chi connectivity index (χ1) is 12.4. The van der Waals surface area contributed by atoms with E-state index in [4.69, 9.17) is 0 Å². The van der Waals surface area contributed by atoms with Crippen LogP contribution in [0.25, 0.3) is 10.9 Å². The Morgan fingerprint density at radius 2 is 1.88 bits per heavy atom. The van der Waals surface area contributed by atoms with Crippen LogP contribution < -0.4 is 15.8 Å². The summed E-state index contributed by atoms with van der Waals surface area (Å²) < 4.78 is 1.34. The molecule has 1 aromatic carbocycles. The average molecular weight is 357 g/mol. The fourth-order valence-electron chi connectivity index (χ4n) is 3.37. The number of aromatic hydroxyl groups is 1. The quantitative estimate of drug-likeness (QED) is 0.866. The van der Waals surface area contributed by atoms with Crippen LogP contribution in [0.15, 0.2) is 23.0 Å². The minimum Gasteiger partial charge on any atom is -0.506 e. The smallest absolute Gasteiger partial charge is 0.267 e. The molecular formula is C19H23N3O4. The van der Waals surface area contributed by atoms with Crippen molar-refractivity contribution in [3.8, 4) is 5.75 Å². The van der Waals surface area contributed by atoms with Gasteiger partial charge in [-0.05, 0) is 44.4 Å². The number of anilines is 1. The molecule has 0 unspecified atom stereocenters. The molecule has 3 rings (SSSR count). The third kappa shape index (κ3) is 3.29. The SMILES string of the molecule is CC(=O)CNC(=O)c1c(O)c2cc(N3CCCCC3)ccc2n(C)c1=O. The van der Waals surface area contributed by atoms with E-state index in [9.17, 15) is 19.5 Å². The Morgan fingerprint density at radius 1 is 1.19 bits per heavy atom. The van der Waals surface area contributed by atoms with E-state index in [1.54, 1.807) is 13.1 Å². The summed E-state index contributed by atoms with van der Waals surface area (Å²) in [4.78, 5) is 38.2. The van der Waals surface area contributed by atoms with Crippen molar-refractivity contribution in [2.24, 2.45) is 7.05 Å². The number of carbonyl (C=O) groups is 2. The Morgan fingerprint density at radius 3 is 2.54 bits per heavy atom. The van der Waals surface area contributed by atoms with Crippen molar-refractivity contribution in [3.63, 3.8) is 0 Å². The van der Waals surface area contributed by atoms with Crippen LogP contribution in [-0.2, 0) is 11.8 Å².